The molecule has 0 heterocycles. The van der Waals surface area contributed by atoms with Crippen molar-refractivity contribution >= 4 is 12.2 Å². The summed E-state index contributed by atoms with van der Waals surface area (Å²) >= 11 is 0. The van der Waals surface area contributed by atoms with Gasteiger partial charge in [0, 0.05) is 11.1 Å². The monoisotopic (exact) mass is 526 g/mol. The van der Waals surface area contributed by atoms with Crippen molar-refractivity contribution in [2.45, 2.75) is 64.4 Å². The largest absolute Gasteiger partial charge is 0.491 e. The summed E-state index contributed by atoms with van der Waals surface area (Å²) in [6.45, 7) is 3.97. The molecule has 3 aromatic carbocycles. The van der Waals surface area contributed by atoms with Crippen molar-refractivity contribution in [1.82, 2.24) is 0 Å². The Balaban J connectivity index is 1.46. The van der Waals surface area contributed by atoms with E-state index in [4.69, 9.17) is 4.74 Å². The van der Waals surface area contributed by atoms with Crippen LogP contribution in [0.25, 0.3) is 23.3 Å². The fourth-order valence-corrected chi connectivity index (χ4v) is 5.35. The van der Waals surface area contributed by atoms with Crippen LogP contribution in [0.15, 0.2) is 48.5 Å². The molecule has 1 atom stereocenters. The van der Waals surface area contributed by atoms with Gasteiger partial charge in [-0.05, 0) is 79.7 Å². The van der Waals surface area contributed by atoms with E-state index in [2.05, 4.69) is 0 Å². The zero-order chi connectivity index (χ0) is 27.2. The number of halogens is 4. The lowest BCUT2D eigenvalue weighted by Gasteiger charge is -2.32. The lowest BCUT2D eigenvalue weighted by Crippen LogP contribution is -2.25. The van der Waals surface area contributed by atoms with Crippen LogP contribution < -0.4 is 4.74 Å². The summed E-state index contributed by atoms with van der Waals surface area (Å²) in [4.78, 5) is 0. The Kier molecular flexibility index (Phi) is 9.26. The van der Waals surface area contributed by atoms with Gasteiger partial charge in [0.1, 0.15) is 0 Å². The second-order valence-corrected chi connectivity index (χ2v) is 9.97. The molecular formula is C32H34F4O2. The van der Waals surface area contributed by atoms with Gasteiger partial charge in [-0.25, -0.2) is 13.2 Å². The molecular weight excluding hydrogens is 492 g/mol. The molecule has 2 nitrogen and oxygen atoms in total. The molecule has 1 N–H and O–H groups in total. The third-order valence-electron chi connectivity index (χ3n) is 7.51. The Morgan fingerprint density at radius 1 is 0.816 bits per heavy atom. The first-order valence-electron chi connectivity index (χ1n) is 13.4. The van der Waals surface area contributed by atoms with Gasteiger partial charge in [0.05, 0.1) is 12.7 Å². The van der Waals surface area contributed by atoms with Gasteiger partial charge in [0.2, 0.25) is 5.82 Å². The van der Waals surface area contributed by atoms with Crippen molar-refractivity contribution in [3.8, 4) is 16.9 Å². The molecule has 4 rings (SSSR count). The van der Waals surface area contributed by atoms with Gasteiger partial charge in [-0.1, -0.05) is 61.9 Å². The summed E-state index contributed by atoms with van der Waals surface area (Å²) in [6, 6.07) is 12.9. The molecule has 202 valence electrons. The van der Waals surface area contributed by atoms with E-state index >= 15 is 8.78 Å². The van der Waals surface area contributed by atoms with E-state index in [-0.39, 0.29) is 41.4 Å². The topological polar surface area (TPSA) is 29.5 Å². The second kappa shape index (κ2) is 12.6. The van der Waals surface area contributed by atoms with Crippen LogP contribution >= 0.6 is 0 Å². The number of benzene rings is 3. The van der Waals surface area contributed by atoms with Crippen LogP contribution in [0, 0.1) is 29.2 Å². The summed E-state index contributed by atoms with van der Waals surface area (Å²) in [5.74, 6) is -3.66. The Morgan fingerprint density at radius 2 is 1.53 bits per heavy atom. The zero-order valence-electron chi connectivity index (χ0n) is 21.8. The van der Waals surface area contributed by atoms with Crippen LogP contribution in [-0.4, -0.2) is 17.8 Å². The minimum atomic E-state index is -1.03. The van der Waals surface area contributed by atoms with Crippen molar-refractivity contribution in [3.63, 3.8) is 0 Å². The van der Waals surface area contributed by atoms with Crippen molar-refractivity contribution in [2.75, 3.05) is 6.61 Å². The number of rotatable bonds is 9. The standard InChI is InChI=1S/C32H34F4O2/c1-3-5-27(37)23-14-12-22(13-15-23)26-18-17-25(30(34)31(26)35)21-9-6-20(7-10-21)8-11-24-16-19-28(38-4-2)32(36)29(24)33/h6-11,16-19,22-23,27,37H,3-5,12-15H2,1-2H3/b11-8+. The average Bonchev–Trinajstić information content (AvgIpc) is 2.93. The summed E-state index contributed by atoms with van der Waals surface area (Å²) in [6.07, 6.45) is 7.57. The van der Waals surface area contributed by atoms with E-state index in [1.165, 1.54) is 18.2 Å². The lowest BCUT2D eigenvalue weighted by atomic mass is 9.75. The quantitative estimate of drug-likeness (QED) is 0.223. The van der Waals surface area contributed by atoms with Gasteiger partial charge in [0.25, 0.3) is 0 Å². The van der Waals surface area contributed by atoms with Crippen LogP contribution in [0.4, 0.5) is 17.6 Å². The first-order valence-corrected chi connectivity index (χ1v) is 13.4. The fraction of sp³-hybridized carbons (Fsp3) is 0.375. The molecule has 1 fully saturated rings. The molecule has 0 bridgehead atoms. The number of aliphatic hydroxyl groups is 1. The average molecular weight is 527 g/mol. The van der Waals surface area contributed by atoms with E-state index in [0.717, 1.165) is 38.5 Å². The molecule has 0 aliphatic heterocycles. The zero-order valence-corrected chi connectivity index (χ0v) is 21.8. The maximum atomic E-state index is 15.1. The van der Waals surface area contributed by atoms with E-state index in [1.54, 1.807) is 49.4 Å². The number of hydrogen-bond donors (Lipinski definition) is 1. The van der Waals surface area contributed by atoms with Crippen molar-refractivity contribution in [2.24, 2.45) is 5.92 Å². The molecule has 0 amide bonds. The highest BCUT2D eigenvalue weighted by Gasteiger charge is 2.29. The van der Waals surface area contributed by atoms with Crippen LogP contribution in [-0.2, 0) is 0 Å². The van der Waals surface area contributed by atoms with E-state index in [1.807, 2.05) is 6.92 Å². The third kappa shape index (κ3) is 6.12. The fourth-order valence-electron chi connectivity index (χ4n) is 5.35. The minimum absolute atomic E-state index is 0.0519. The molecule has 1 saturated carbocycles. The number of ether oxygens (including phenoxy) is 1. The van der Waals surface area contributed by atoms with E-state index in [0.29, 0.717) is 16.7 Å². The molecule has 0 radical (unpaired) electrons. The van der Waals surface area contributed by atoms with Gasteiger partial charge in [0.15, 0.2) is 23.2 Å². The van der Waals surface area contributed by atoms with Gasteiger partial charge < -0.3 is 9.84 Å². The highest BCUT2D eigenvalue weighted by atomic mass is 19.2. The van der Waals surface area contributed by atoms with Crippen LogP contribution in [0.1, 0.15) is 75.0 Å². The summed E-state index contributed by atoms with van der Waals surface area (Å²) < 4.78 is 63.7. The Morgan fingerprint density at radius 3 is 2.18 bits per heavy atom. The van der Waals surface area contributed by atoms with Gasteiger partial charge in [-0.2, -0.15) is 4.39 Å². The van der Waals surface area contributed by atoms with Gasteiger partial charge >= 0.3 is 0 Å². The van der Waals surface area contributed by atoms with E-state index in [9.17, 15) is 13.9 Å². The molecule has 0 spiro atoms. The Bertz CT molecular complexity index is 1260. The molecule has 0 aromatic heterocycles. The first-order chi connectivity index (χ1) is 18.3. The number of aliphatic hydroxyl groups excluding tert-OH is 1. The Hall–Kier alpha value is -3.12. The van der Waals surface area contributed by atoms with Gasteiger partial charge in [-0.15, -0.1) is 0 Å². The maximum absolute atomic E-state index is 15.1. The molecule has 1 unspecified atom stereocenters. The minimum Gasteiger partial charge on any atom is -0.491 e. The summed E-state index contributed by atoms with van der Waals surface area (Å²) in [5.41, 5.74) is 1.87. The normalized spacial score (nSPS) is 18.6. The molecule has 1 aliphatic carbocycles. The van der Waals surface area contributed by atoms with Gasteiger partial charge in [-0.3, -0.25) is 0 Å². The van der Waals surface area contributed by atoms with Crippen LogP contribution in [0.5, 0.6) is 5.75 Å². The van der Waals surface area contributed by atoms with Crippen LogP contribution in [0.2, 0.25) is 0 Å². The first kappa shape index (κ1) is 27.9. The highest BCUT2D eigenvalue weighted by molar-refractivity contribution is 5.73. The number of hydrogen-bond acceptors (Lipinski definition) is 2. The third-order valence-corrected chi connectivity index (χ3v) is 7.51. The smallest absolute Gasteiger partial charge is 0.201 e. The van der Waals surface area contributed by atoms with Crippen molar-refractivity contribution in [3.05, 3.63) is 88.5 Å². The molecule has 1 aliphatic rings. The second-order valence-electron chi connectivity index (χ2n) is 9.97. The van der Waals surface area contributed by atoms with Crippen molar-refractivity contribution in [1.29, 1.82) is 0 Å². The molecule has 0 saturated heterocycles. The predicted molar refractivity (Wildman–Crippen MR) is 144 cm³/mol. The lowest BCUT2D eigenvalue weighted by molar-refractivity contribution is 0.0727. The predicted octanol–water partition coefficient (Wildman–Crippen LogP) is 8.91. The van der Waals surface area contributed by atoms with E-state index < -0.39 is 23.3 Å². The van der Waals surface area contributed by atoms with Crippen LogP contribution in [0.3, 0.4) is 0 Å². The molecule has 3 aromatic rings. The highest BCUT2D eigenvalue weighted by Crippen LogP contribution is 2.40. The molecule has 38 heavy (non-hydrogen) atoms. The summed E-state index contributed by atoms with van der Waals surface area (Å²) in [5, 5.41) is 10.3. The SMILES string of the molecule is CCCC(O)C1CCC(c2ccc(-c3ccc(/C=C/c4ccc(OCC)c(F)c4F)cc3)c(F)c2F)CC1. The Labute approximate surface area is 222 Å². The molecule has 6 heteroatoms. The van der Waals surface area contributed by atoms with Crippen molar-refractivity contribution < 1.29 is 27.4 Å². The summed E-state index contributed by atoms with van der Waals surface area (Å²) in [7, 11) is 0. The maximum Gasteiger partial charge on any atom is 0.201 e.